The monoisotopic (exact) mass is 350 g/mol. The fraction of sp³-hybridized carbons (Fsp3) is 0.235. The molecule has 0 aromatic heterocycles. The summed E-state index contributed by atoms with van der Waals surface area (Å²) in [6.07, 6.45) is -3.68. The van der Waals surface area contributed by atoms with Crippen molar-refractivity contribution in [3.63, 3.8) is 0 Å². The van der Waals surface area contributed by atoms with Gasteiger partial charge in [-0.1, -0.05) is 18.2 Å². The smallest absolute Gasteiger partial charge is 0.492 e. The Hall–Kier alpha value is -3.03. The molecule has 3 rings (SSSR count). The summed E-state index contributed by atoms with van der Waals surface area (Å²) in [5.74, 6) is 0.512. The maximum Gasteiger partial charge on any atom is 0.586 e. The van der Waals surface area contributed by atoms with Crippen molar-refractivity contribution in [3.05, 3.63) is 48.5 Å². The van der Waals surface area contributed by atoms with Gasteiger partial charge in [-0.15, -0.1) is 8.78 Å². The molecule has 0 fully saturated rings. The molecule has 2 amide bonds. The van der Waals surface area contributed by atoms with E-state index < -0.39 is 12.3 Å². The van der Waals surface area contributed by atoms with Gasteiger partial charge in [0.05, 0.1) is 6.54 Å². The van der Waals surface area contributed by atoms with Gasteiger partial charge in [0, 0.05) is 18.8 Å². The number of alkyl halides is 2. The molecule has 0 aliphatic carbocycles. The van der Waals surface area contributed by atoms with Gasteiger partial charge < -0.3 is 24.4 Å². The SMILES string of the molecule is CN(CCOc1ccccc1)C(=O)Nc1ccc2c(c1)OC(F)(F)O2. The topological polar surface area (TPSA) is 60.0 Å². The zero-order valence-corrected chi connectivity index (χ0v) is 13.4. The lowest BCUT2D eigenvalue weighted by Gasteiger charge is -2.18. The average Bonchev–Trinajstić information content (AvgIpc) is 2.88. The number of amides is 2. The molecular formula is C17H16F2N2O4. The first-order valence-electron chi connectivity index (χ1n) is 7.53. The molecule has 8 heteroatoms. The van der Waals surface area contributed by atoms with Gasteiger partial charge in [0.15, 0.2) is 11.5 Å². The van der Waals surface area contributed by atoms with Crippen LogP contribution in [-0.2, 0) is 0 Å². The molecule has 0 saturated heterocycles. The Morgan fingerprint density at radius 2 is 1.88 bits per heavy atom. The van der Waals surface area contributed by atoms with Crippen LogP contribution in [0.5, 0.6) is 17.2 Å². The Morgan fingerprint density at radius 3 is 2.64 bits per heavy atom. The number of hydrogen-bond acceptors (Lipinski definition) is 4. The number of carbonyl (C=O) groups is 1. The first-order valence-corrected chi connectivity index (χ1v) is 7.53. The number of benzene rings is 2. The van der Waals surface area contributed by atoms with E-state index in [2.05, 4.69) is 14.8 Å². The van der Waals surface area contributed by atoms with Crippen LogP contribution in [0.1, 0.15) is 0 Å². The van der Waals surface area contributed by atoms with E-state index in [1.54, 1.807) is 7.05 Å². The number of halogens is 2. The molecule has 132 valence electrons. The normalized spacial score (nSPS) is 14.0. The molecule has 6 nitrogen and oxygen atoms in total. The lowest BCUT2D eigenvalue weighted by Crippen LogP contribution is -2.34. The Balaban J connectivity index is 1.50. The summed E-state index contributed by atoms with van der Waals surface area (Å²) in [7, 11) is 1.60. The number of rotatable bonds is 5. The molecule has 2 aromatic rings. The highest BCUT2D eigenvalue weighted by atomic mass is 19.3. The quantitative estimate of drug-likeness (QED) is 0.896. The third-order valence-electron chi connectivity index (χ3n) is 3.44. The van der Waals surface area contributed by atoms with Crippen molar-refractivity contribution in [2.75, 3.05) is 25.5 Å². The van der Waals surface area contributed by atoms with Crippen LogP contribution in [0, 0.1) is 0 Å². The molecule has 1 aliphatic rings. The fourth-order valence-corrected chi connectivity index (χ4v) is 2.16. The van der Waals surface area contributed by atoms with Gasteiger partial charge in [0.2, 0.25) is 0 Å². The molecule has 1 N–H and O–H groups in total. The molecule has 0 spiro atoms. The van der Waals surface area contributed by atoms with Gasteiger partial charge in [-0.05, 0) is 24.3 Å². The third-order valence-corrected chi connectivity index (χ3v) is 3.44. The van der Waals surface area contributed by atoms with Crippen molar-refractivity contribution < 1.29 is 27.8 Å². The number of fused-ring (bicyclic) bond motifs is 1. The molecule has 2 aromatic carbocycles. The second-order valence-corrected chi connectivity index (χ2v) is 5.34. The maximum absolute atomic E-state index is 13.0. The highest BCUT2D eigenvalue weighted by Gasteiger charge is 2.43. The van der Waals surface area contributed by atoms with Crippen LogP contribution in [0.2, 0.25) is 0 Å². The standard InChI is InChI=1S/C17H16F2N2O4/c1-21(9-10-23-13-5-3-2-4-6-13)16(22)20-12-7-8-14-15(11-12)25-17(18,19)24-14/h2-8,11H,9-10H2,1H3,(H,20,22). The molecule has 0 unspecified atom stereocenters. The van der Waals surface area contributed by atoms with Crippen LogP contribution in [0.25, 0.3) is 0 Å². The van der Waals surface area contributed by atoms with E-state index in [1.165, 1.54) is 23.1 Å². The highest BCUT2D eigenvalue weighted by Crippen LogP contribution is 2.42. The maximum atomic E-state index is 13.0. The van der Waals surface area contributed by atoms with E-state index in [0.717, 1.165) is 0 Å². The lowest BCUT2D eigenvalue weighted by atomic mass is 10.3. The van der Waals surface area contributed by atoms with Crippen LogP contribution < -0.4 is 19.5 Å². The summed E-state index contributed by atoms with van der Waals surface area (Å²) in [5.41, 5.74) is 0.320. The van der Waals surface area contributed by atoms with Crippen molar-refractivity contribution in [3.8, 4) is 17.2 Å². The van der Waals surface area contributed by atoms with Crippen LogP contribution in [-0.4, -0.2) is 37.4 Å². The minimum atomic E-state index is -3.68. The van der Waals surface area contributed by atoms with Crippen molar-refractivity contribution >= 4 is 11.7 Å². The van der Waals surface area contributed by atoms with Gasteiger partial charge in [-0.2, -0.15) is 0 Å². The van der Waals surface area contributed by atoms with Crippen molar-refractivity contribution in [2.24, 2.45) is 0 Å². The molecule has 25 heavy (non-hydrogen) atoms. The number of nitrogens with one attached hydrogen (secondary N) is 1. The lowest BCUT2D eigenvalue weighted by molar-refractivity contribution is -0.286. The van der Waals surface area contributed by atoms with E-state index >= 15 is 0 Å². The fourth-order valence-electron chi connectivity index (χ4n) is 2.16. The number of para-hydroxylation sites is 1. The second kappa shape index (κ2) is 6.84. The third kappa shape index (κ3) is 4.28. The number of nitrogens with zero attached hydrogens (tertiary/aromatic N) is 1. The van der Waals surface area contributed by atoms with Gasteiger partial charge in [0.25, 0.3) is 0 Å². The molecule has 0 radical (unpaired) electrons. The molecule has 0 atom stereocenters. The summed E-state index contributed by atoms with van der Waals surface area (Å²) >= 11 is 0. The predicted molar refractivity (Wildman–Crippen MR) is 86.2 cm³/mol. The summed E-state index contributed by atoms with van der Waals surface area (Å²) in [5, 5.41) is 2.60. The summed E-state index contributed by atoms with van der Waals surface area (Å²) in [6.45, 7) is 0.671. The summed E-state index contributed by atoms with van der Waals surface area (Å²) < 4.78 is 40.1. The first-order chi connectivity index (χ1) is 11.9. The van der Waals surface area contributed by atoms with Gasteiger partial charge in [0.1, 0.15) is 12.4 Å². The highest BCUT2D eigenvalue weighted by molar-refractivity contribution is 5.89. The van der Waals surface area contributed by atoms with E-state index in [-0.39, 0.29) is 11.5 Å². The van der Waals surface area contributed by atoms with Crippen LogP contribution in [0.3, 0.4) is 0 Å². The van der Waals surface area contributed by atoms with Crippen LogP contribution in [0.15, 0.2) is 48.5 Å². The average molecular weight is 350 g/mol. The van der Waals surface area contributed by atoms with Crippen molar-refractivity contribution in [2.45, 2.75) is 6.29 Å². The largest absolute Gasteiger partial charge is 0.586 e. The van der Waals surface area contributed by atoms with Gasteiger partial charge in [-0.3, -0.25) is 0 Å². The van der Waals surface area contributed by atoms with E-state index in [0.29, 0.717) is 24.6 Å². The Labute approximate surface area is 142 Å². The zero-order chi connectivity index (χ0) is 17.9. The number of urea groups is 1. The van der Waals surface area contributed by atoms with E-state index in [1.807, 2.05) is 30.3 Å². The predicted octanol–water partition coefficient (Wildman–Crippen LogP) is 3.55. The zero-order valence-electron chi connectivity index (χ0n) is 13.4. The molecular weight excluding hydrogens is 334 g/mol. The number of anilines is 1. The summed E-state index contributed by atoms with van der Waals surface area (Å²) in [6, 6.07) is 12.9. The number of carbonyl (C=O) groups excluding carboxylic acids is 1. The Bertz CT molecular complexity index is 756. The Morgan fingerprint density at radius 1 is 1.16 bits per heavy atom. The van der Waals surface area contributed by atoms with Gasteiger partial charge >= 0.3 is 12.3 Å². The number of likely N-dealkylation sites (N-methyl/N-ethyl adjacent to an activating group) is 1. The minimum Gasteiger partial charge on any atom is -0.492 e. The minimum absolute atomic E-state index is 0.0763. The Kier molecular flexibility index (Phi) is 4.60. The molecule has 1 heterocycles. The molecule has 0 saturated carbocycles. The summed E-state index contributed by atoms with van der Waals surface area (Å²) in [4.78, 5) is 13.5. The second-order valence-electron chi connectivity index (χ2n) is 5.34. The van der Waals surface area contributed by atoms with Crippen molar-refractivity contribution in [1.82, 2.24) is 4.90 Å². The number of ether oxygens (including phenoxy) is 3. The van der Waals surface area contributed by atoms with E-state index in [4.69, 9.17) is 4.74 Å². The van der Waals surface area contributed by atoms with Crippen LogP contribution in [0.4, 0.5) is 19.3 Å². The first kappa shape index (κ1) is 16.8. The van der Waals surface area contributed by atoms with E-state index in [9.17, 15) is 13.6 Å². The molecule has 0 bridgehead atoms. The molecule has 1 aliphatic heterocycles. The van der Waals surface area contributed by atoms with Crippen LogP contribution >= 0.6 is 0 Å². The van der Waals surface area contributed by atoms with Gasteiger partial charge in [-0.25, -0.2) is 4.79 Å². The number of hydrogen-bond donors (Lipinski definition) is 1. The van der Waals surface area contributed by atoms with Crippen molar-refractivity contribution in [1.29, 1.82) is 0 Å².